The number of nitrogens with zero attached hydrogens (tertiary/aromatic N) is 1. The van der Waals surface area contributed by atoms with Gasteiger partial charge in [0.05, 0.1) is 5.52 Å². The first-order valence-corrected chi connectivity index (χ1v) is 8.49. The predicted molar refractivity (Wildman–Crippen MR) is 96.6 cm³/mol. The SMILES string of the molecule is C[C@@H](c1ccc(Cl)cc1Cl)[C@](O)(c1ccc2ncccc2c1)C(F)(F)F. The van der Waals surface area contributed by atoms with Gasteiger partial charge in [-0.1, -0.05) is 48.3 Å². The second-order valence-corrected chi connectivity index (χ2v) is 6.91. The normalized spacial score (nSPS) is 15.7. The molecule has 0 saturated heterocycles. The van der Waals surface area contributed by atoms with Crippen LogP contribution in [0.3, 0.4) is 0 Å². The largest absolute Gasteiger partial charge is 0.422 e. The number of aromatic nitrogens is 1. The molecule has 0 spiro atoms. The maximum Gasteiger partial charge on any atom is 0.422 e. The van der Waals surface area contributed by atoms with Crippen LogP contribution in [0.5, 0.6) is 0 Å². The maximum absolute atomic E-state index is 14.0. The van der Waals surface area contributed by atoms with E-state index >= 15 is 0 Å². The van der Waals surface area contributed by atoms with Crippen molar-refractivity contribution in [3.63, 3.8) is 0 Å². The van der Waals surface area contributed by atoms with Gasteiger partial charge in [0, 0.05) is 27.5 Å². The summed E-state index contributed by atoms with van der Waals surface area (Å²) in [5, 5.41) is 11.7. The first-order chi connectivity index (χ1) is 12.1. The third kappa shape index (κ3) is 3.15. The average Bonchev–Trinajstić information content (AvgIpc) is 2.59. The number of hydrogen-bond acceptors (Lipinski definition) is 2. The molecular formula is C19H14Cl2F3NO. The van der Waals surface area contributed by atoms with Crippen LogP contribution in [0.1, 0.15) is 24.0 Å². The predicted octanol–water partition coefficient (Wildman–Crippen LogP) is 6.10. The first kappa shape index (κ1) is 19.0. The van der Waals surface area contributed by atoms with Crippen molar-refractivity contribution < 1.29 is 18.3 Å². The van der Waals surface area contributed by atoms with Crippen LogP contribution >= 0.6 is 23.2 Å². The van der Waals surface area contributed by atoms with Gasteiger partial charge in [0.2, 0.25) is 0 Å². The quantitative estimate of drug-likeness (QED) is 0.577. The monoisotopic (exact) mass is 399 g/mol. The van der Waals surface area contributed by atoms with Crippen LogP contribution in [0, 0.1) is 0 Å². The summed E-state index contributed by atoms with van der Waals surface area (Å²) in [5.41, 5.74) is -2.71. The standard InChI is InChI=1S/C19H14Cl2F3NO/c1-11(15-6-5-14(20)10-16(15)21)18(26,19(22,23)24)13-4-7-17-12(9-13)3-2-8-25-17/h2-11,26H,1H3/t11-,18-/m0/s1. The third-order valence-corrected chi connectivity index (χ3v) is 5.09. The number of benzene rings is 2. The molecule has 0 radical (unpaired) electrons. The van der Waals surface area contributed by atoms with Gasteiger partial charge in [0.1, 0.15) is 0 Å². The molecule has 7 heteroatoms. The van der Waals surface area contributed by atoms with Gasteiger partial charge >= 0.3 is 6.18 Å². The Labute approximate surface area is 158 Å². The molecule has 26 heavy (non-hydrogen) atoms. The molecule has 0 aliphatic heterocycles. The molecule has 136 valence electrons. The van der Waals surface area contributed by atoms with Gasteiger partial charge in [0.15, 0.2) is 5.60 Å². The van der Waals surface area contributed by atoms with Gasteiger partial charge in [-0.05, 0) is 41.5 Å². The van der Waals surface area contributed by atoms with Crippen LogP contribution in [0.4, 0.5) is 13.2 Å². The second-order valence-electron chi connectivity index (χ2n) is 6.06. The van der Waals surface area contributed by atoms with Crippen molar-refractivity contribution in [2.45, 2.75) is 24.6 Å². The smallest absolute Gasteiger partial charge is 0.376 e. The maximum atomic E-state index is 14.0. The Morgan fingerprint density at radius 2 is 1.77 bits per heavy atom. The summed E-state index contributed by atoms with van der Waals surface area (Å²) in [4.78, 5) is 4.09. The topological polar surface area (TPSA) is 33.1 Å². The van der Waals surface area contributed by atoms with Crippen molar-refractivity contribution in [2.75, 3.05) is 0 Å². The zero-order valence-electron chi connectivity index (χ0n) is 13.6. The van der Waals surface area contributed by atoms with E-state index in [9.17, 15) is 18.3 Å². The zero-order chi connectivity index (χ0) is 19.1. The van der Waals surface area contributed by atoms with Crippen LogP contribution in [0.25, 0.3) is 10.9 Å². The van der Waals surface area contributed by atoms with Crippen LogP contribution in [-0.4, -0.2) is 16.3 Å². The molecule has 0 unspecified atom stereocenters. The number of hydrogen-bond donors (Lipinski definition) is 1. The van der Waals surface area contributed by atoms with Gasteiger partial charge in [-0.2, -0.15) is 13.2 Å². The summed E-state index contributed by atoms with van der Waals surface area (Å²) in [5.74, 6) is -1.36. The fourth-order valence-corrected chi connectivity index (χ4v) is 3.62. The molecule has 1 heterocycles. The van der Waals surface area contributed by atoms with Crippen molar-refractivity contribution in [1.82, 2.24) is 4.98 Å². The van der Waals surface area contributed by atoms with E-state index in [0.717, 1.165) is 0 Å². The Hall–Kier alpha value is -1.82. The highest BCUT2D eigenvalue weighted by Crippen LogP contribution is 2.50. The highest BCUT2D eigenvalue weighted by molar-refractivity contribution is 6.35. The minimum Gasteiger partial charge on any atom is -0.376 e. The van der Waals surface area contributed by atoms with Gasteiger partial charge in [-0.15, -0.1) is 0 Å². The third-order valence-electron chi connectivity index (χ3n) is 4.53. The summed E-state index contributed by atoms with van der Waals surface area (Å²) >= 11 is 11.9. The summed E-state index contributed by atoms with van der Waals surface area (Å²) in [6.45, 7) is 1.29. The summed E-state index contributed by atoms with van der Waals surface area (Å²) in [7, 11) is 0. The van der Waals surface area contributed by atoms with Crippen LogP contribution < -0.4 is 0 Å². The van der Waals surface area contributed by atoms with Crippen LogP contribution in [0.15, 0.2) is 54.7 Å². The number of aliphatic hydroxyl groups is 1. The second kappa shape index (κ2) is 6.72. The fraction of sp³-hybridized carbons (Fsp3) is 0.211. The van der Waals surface area contributed by atoms with Gasteiger partial charge < -0.3 is 5.11 Å². The number of alkyl halides is 3. The van der Waals surface area contributed by atoms with E-state index in [1.165, 1.54) is 43.3 Å². The molecule has 0 aliphatic carbocycles. The van der Waals surface area contributed by atoms with E-state index < -0.39 is 17.7 Å². The Kier molecular flexibility index (Phi) is 4.90. The number of rotatable bonds is 3. The minimum atomic E-state index is -4.93. The molecule has 2 aromatic carbocycles. The molecule has 0 saturated carbocycles. The van der Waals surface area contributed by atoms with Gasteiger partial charge in [-0.3, -0.25) is 4.98 Å². The summed E-state index contributed by atoms with van der Waals surface area (Å²) in [6.07, 6.45) is -3.38. The Balaban J connectivity index is 2.19. The van der Waals surface area contributed by atoms with Gasteiger partial charge in [-0.25, -0.2) is 0 Å². The highest BCUT2D eigenvalue weighted by Gasteiger charge is 2.58. The van der Waals surface area contributed by atoms with E-state index in [0.29, 0.717) is 15.9 Å². The molecule has 0 fully saturated rings. The zero-order valence-corrected chi connectivity index (χ0v) is 15.1. The van der Waals surface area contributed by atoms with Crippen LogP contribution in [-0.2, 0) is 5.60 Å². The molecule has 0 amide bonds. The molecule has 2 atom stereocenters. The van der Waals surface area contributed by atoms with Crippen molar-refractivity contribution in [3.05, 3.63) is 75.9 Å². The Morgan fingerprint density at radius 3 is 2.42 bits per heavy atom. The number of halogens is 5. The highest BCUT2D eigenvalue weighted by atomic mass is 35.5. The van der Waals surface area contributed by atoms with E-state index in [-0.39, 0.29) is 16.1 Å². The molecular weight excluding hydrogens is 386 g/mol. The lowest BCUT2D eigenvalue weighted by Crippen LogP contribution is -2.46. The van der Waals surface area contributed by atoms with Crippen molar-refractivity contribution >= 4 is 34.1 Å². The minimum absolute atomic E-state index is 0.0649. The molecule has 2 nitrogen and oxygen atoms in total. The lowest BCUT2D eigenvalue weighted by Gasteiger charge is -2.37. The molecule has 3 aromatic rings. The molecule has 0 bridgehead atoms. The van der Waals surface area contributed by atoms with E-state index in [1.807, 2.05) is 0 Å². The fourth-order valence-electron chi connectivity index (χ4n) is 3.05. The first-order valence-electron chi connectivity index (χ1n) is 7.74. The summed E-state index contributed by atoms with van der Waals surface area (Å²) in [6, 6.07) is 11.5. The molecule has 1 N–H and O–H groups in total. The lowest BCUT2D eigenvalue weighted by atomic mass is 9.77. The van der Waals surface area contributed by atoms with Crippen molar-refractivity contribution in [2.24, 2.45) is 0 Å². The average molecular weight is 400 g/mol. The van der Waals surface area contributed by atoms with Crippen molar-refractivity contribution in [1.29, 1.82) is 0 Å². The van der Waals surface area contributed by atoms with Crippen LogP contribution in [0.2, 0.25) is 10.0 Å². The number of fused-ring (bicyclic) bond motifs is 1. The van der Waals surface area contributed by atoms with E-state index in [1.54, 1.807) is 18.3 Å². The Morgan fingerprint density at radius 1 is 1.04 bits per heavy atom. The van der Waals surface area contributed by atoms with Gasteiger partial charge in [0.25, 0.3) is 0 Å². The molecule has 3 rings (SSSR count). The molecule has 0 aliphatic rings. The number of pyridine rings is 1. The van der Waals surface area contributed by atoms with E-state index in [2.05, 4.69) is 4.98 Å². The van der Waals surface area contributed by atoms with Crippen molar-refractivity contribution in [3.8, 4) is 0 Å². The lowest BCUT2D eigenvalue weighted by molar-refractivity contribution is -0.274. The Bertz CT molecular complexity index is 961. The summed E-state index contributed by atoms with van der Waals surface area (Å²) < 4.78 is 42.0. The molecule has 1 aromatic heterocycles. The van der Waals surface area contributed by atoms with E-state index in [4.69, 9.17) is 23.2 Å².